The molecular weight excluding hydrogens is 382 g/mol. The van der Waals surface area contributed by atoms with Crippen molar-refractivity contribution in [2.75, 3.05) is 19.5 Å². The number of aromatic nitrogens is 1. The topological polar surface area (TPSA) is 89.6 Å². The molecule has 1 heterocycles. The van der Waals surface area contributed by atoms with Crippen molar-refractivity contribution in [3.05, 3.63) is 83.7 Å². The summed E-state index contributed by atoms with van der Waals surface area (Å²) in [6.45, 7) is 0.352. The van der Waals surface area contributed by atoms with Gasteiger partial charge in [-0.05, 0) is 47.5 Å². The third-order valence-electron chi connectivity index (χ3n) is 4.43. The molecule has 0 spiro atoms. The number of hydrogen-bond acceptors (Lipinski definition) is 5. The molecular formula is C23H23N3O4. The van der Waals surface area contributed by atoms with Gasteiger partial charge < -0.3 is 20.1 Å². The fourth-order valence-electron chi connectivity index (χ4n) is 2.90. The van der Waals surface area contributed by atoms with Crippen molar-refractivity contribution in [1.82, 2.24) is 10.3 Å². The van der Waals surface area contributed by atoms with Crippen LogP contribution in [0.3, 0.4) is 0 Å². The Labute approximate surface area is 175 Å². The van der Waals surface area contributed by atoms with Crippen LogP contribution >= 0.6 is 0 Å². The van der Waals surface area contributed by atoms with Crippen LogP contribution in [0.4, 0.5) is 5.69 Å². The van der Waals surface area contributed by atoms with Crippen LogP contribution in [0.15, 0.2) is 67.0 Å². The minimum absolute atomic E-state index is 0.117. The van der Waals surface area contributed by atoms with Gasteiger partial charge in [0.25, 0.3) is 5.91 Å². The second-order valence-electron chi connectivity index (χ2n) is 6.53. The molecule has 0 aliphatic rings. The van der Waals surface area contributed by atoms with E-state index in [0.29, 0.717) is 29.3 Å². The summed E-state index contributed by atoms with van der Waals surface area (Å²) in [5, 5.41) is 5.74. The number of rotatable bonds is 8. The molecule has 3 rings (SSSR count). The number of amides is 2. The van der Waals surface area contributed by atoms with E-state index in [9.17, 15) is 9.59 Å². The molecule has 0 saturated carbocycles. The Balaban J connectivity index is 1.56. The molecule has 0 fully saturated rings. The number of anilines is 1. The Morgan fingerprint density at radius 3 is 2.40 bits per heavy atom. The number of carbonyl (C=O) groups is 2. The summed E-state index contributed by atoms with van der Waals surface area (Å²) in [7, 11) is 3.12. The molecule has 2 aromatic carbocycles. The molecule has 0 radical (unpaired) electrons. The first-order valence-electron chi connectivity index (χ1n) is 9.37. The van der Waals surface area contributed by atoms with Crippen molar-refractivity contribution < 1.29 is 19.1 Å². The second-order valence-corrected chi connectivity index (χ2v) is 6.53. The van der Waals surface area contributed by atoms with Gasteiger partial charge in [-0.1, -0.05) is 18.2 Å². The zero-order valence-electron chi connectivity index (χ0n) is 16.8. The molecule has 30 heavy (non-hydrogen) atoms. The number of pyridine rings is 1. The van der Waals surface area contributed by atoms with Gasteiger partial charge >= 0.3 is 0 Å². The van der Waals surface area contributed by atoms with Crippen molar-refractivity contribution in [1.29, 1.82) is 0 Å². The van der Waals surface area contributed by atoms with E-state index < -0.39 is 0 Å². The molecule has 2 N–H and O–H groups in total. The lowest BCUT2D eigenvalue weighted by atomic mass is 10.1. The zero-order chi connectivity index (χ0) is 21.3. The highest BCUT2D eigenvalue weighted by Gasteiger charge is 2.09. The van der Waals surface area contributed by atoms with Gasteiger partial charge in [-0.3, -0.25) is 14.6 Å². The SMILES string of the molecule is COc1ccc(CC(=O)NCc2cccc(NC(=O)c3ccncc3)c2)cc1OC. The molecule has 2 amide bonds. The highest BCUT2D eigenvalue weighted by atomic mass is 16.5. The van der Waals surface area contributed by atoms with Crippen LogP contribution in [0.1, 0.15) is 21.5 Å². The molecule has 0 aliphatic carbocycles. The Bertz CT molecular complexity index is 1020. The number of nitrogens with one attached hydrogen (secondary N) is 2. The Morgan fingerprint density at radius 2 is 1.67 bits per heavy atom. The highest BCUT2D eigenvalue weighted by Crippen LogP contribution is 2.27. The highest BCUT2D eigenvalue weighted by molar-refractivity contribution is 6.04. The van der Waals surface area contributed by atoms with Crippen LogP contribution < -0.4 is 20.1 Å². The van der Waals surface area contributed by atoms with E-state index in [-0.39, 0.29) is 18.2 Å². The van der Waals surface area contributed by atoms with E-state index in [4.69, 9.17) is 9.47 Å². The lowest BCUT2D eigenvalue weighted by Gasteiger charge is -2.11. The first-order chi connectivity index (χ1) is 14.6. The summed E-state index contributed by atoms with van der Waals surface area (Å²) >= 11 is 0. The van der Waals surface area contributed by atoms with Crippen molar-refractivity contribution in [2.45, 2.75) is 13.0 Å². The van der Waals surface area contributed by atoms with E-state index in [1.54, 1.807) is 56.9 Å². The summed E-state index contributed by atoms with van der Waals surface area (Å²) in [5.74, 6) is 0.869. The number of carbonyl (C=O) groups excluding carboxylic acids is 2. The van der Waals surface area contributed by atoms with Gasteiger partial charge in [-0.25, -0.2) is 0 Å². The molecule has 7 nitrogen and oxygen atoms in total. The number of hydrogen-bond donors (Lipinski definition) is 2. The van der Waals surface area contributed by atoms with Gasteiger partial charge in [0.1, 0.15) is 0 Å². The molecule has 154 valence electrons. The number of methoxy groups -OCH3 is 2. The predicted octanol–water partition coefficient (Wildman–Crippen LogP) is 3.21. The normalized spacial score (nSPS) is 10.2. The maximum atomic E-state index is 12.3. The van der Waals surface area contributed by atoms with Crippen molar-refractivity contribution >= 4 is 17.5 Å². The van der Waals surface area contributed by atoms with Gasteiger partial charge in [-0.2, -0.15) is 0 Å². The number of nitrogens with zero attached hydrogens (tertiary/aromatic N) is 1. The van der Waals surface area contributed by atoms with Gasteiger partial charge in [0, 0.05) is 30.2 Å². The van der Waals surface area contributed by atoms with Gasteiger partial charge in [0.2, 0.25) is 5.91 Å². The lowest BCUT2D eigenvalue weighted by Crippen LogP contribution is -2.24. The minimum Gasteiger partial charge on any atom is -0.493 e. The molecule has 3 aromatic rings. The molecule has 7 heteroatoms. The van der Waals surface area contributed by atoms with Gasteiger partial charge in [-0.15, -0.1) is 0 Å². The Morgan fingerprint density at radius 1 is 0.900 bits per heavy atom. The van der Waals surface area contributed by atoms with Crippen LogP contribution in [0.25, 0.3) is 0 Å². The summed E-state index contributed by atoms with van der Waals surface area (Å²) in [6, 6.07) is 16.0. The third kappa shape index (κ3) is 5.57. The van der Waals surface area contributed by atoms with Crippen LogP contribution in [0.5, 0.6) is 11.5 Å². The quantitative estimate of drug-likeness (QED) is 0.601. The number of ether oxygens (including phenoxy) is 2. The standard InChI is InChI=1S/C23H23N3O4/c1-29-20-7-6-16(13-21(20)30-2)14-22(27)25-15-17-4-3-5-19(12-17)26-23(28)18-8-10-24-11-9-18/h3-13H,14-15H2,1-2H3,(H,25,27)(H,26,28). The van der Waals surface area contributed by atoms with Crippen LogP contribution in [0.2, 0.25) is 0 Å². The first kappa shape index (κ1) is 20.9. The second kappa shape index (κ2) is 10.1. The lowest BCUT2D eigenvalue weighted by molar-refractivity contribution is -0.120. The molecule has 0 bridgehead atoms. The van der Waals surface area contributed by atoms with E-state index in [1.165, 1.54) is 0 Å². The number of benzene rings is 2. The summed E-state index contributed by atoms with van der Waals surface area (Å²) in [5.41, 5.74) is 2.88. The van der Waals surface area contributed by atoms with Crippen LogP contribution in [-0.2, 0) is 17.8 Å². The third-order valence-corrected chi connectivity index (χ3v) is 4.43. The van der Waals surface area contributed by atoms with Crippen molar-refractivity contribution in [3.8, 4) is 11.5 Å². The van der Waals surface area contributed by atoms with Gasteiger partial charge in [0.15, 0.2) is 11.5 Å². The fraction of sp³-hybridized carbons (Fsp3) is 0.174. The van der Waals surface area contributed by atoms with E-state index in [2.05, 4.69) is 15.6 Å². The maximum absolute atomic E-state index is 12.3. The zero-order valence-corrected chi connectivity index (χ0v) is 16.8. The van der Waals surface area contributed by atoms with Gasteiger partial charge in [0.05, 0.1) is 20.6 Å². The monoisotopic (exact) mass is 405 g/mol. The maximum Gasteiger partial charge on any atom is 0.255 e. The average Bonchev–Trinajstić information content (AvgIpc) is 2.78. The largest absolute Gasteiger partial charge is 0.493 e. The van der Waals surface area contributed by atoms with E-state index in [1.807, 2.05) is 24.3 Å². The van der Waals surface area contributed by atoms with Crippen molar-refractivity contribution in [3.63, 3.8) is 0 Å². The van der Waals surface area contributed by atoms with Crippen LogP contribution in [-0.4, -0.2) is 31.0 Å². The molecule has 1 aromatic heterocycles. The Kier molecular flexibility index (Phi) is 7.00. The van der Waals surface area contributed by atoms with E-state index in [0.717, 1.165) is 11.1 Å². The summed E-state index contributed by atoms with van der Waals surface area (Å²) < 4.78 is 10.5. The van der Waals surface area contributed by atoms with Crippen molar-refractivity contribution in [2.24, 2.45) is 0 Å². The summed E-state index contributed by atoms with van der Waals surface area (Å²) in [4.78, 5) is 28.5. The Hall–Kier alpha value is -3.87. The molecule has 0 unspecified atom stereocenters. The minimum atomic E-state index is -0.216. The average molecular weight is 405 g/mol. The molecule has 0 aliphatic heterocycles. The first-order valence-corrected chi connectivity index (χ1v) is 9.37. The smallest absolute Gasteiger partial charge is 0.255 e. The van der Waals surface area contributed by atoms with Crippen LogP contribution in [0, 0.1) is 0 Å². The predicted molar refractivity (Wildman–Crippen MR) is 114 cm³/mol. The molecule has 0 atom stereocenters. The fourth-order valence-corrected chi connectivity index (χ4v) is 2.90. The molecule has 0 saturated heterocycles. The van der Waals surface area contributed by atoms with E-state index >= 15 is 0 Å². The summed E-state index contributed by atoms with van der Waals surface area (Å²) in [6.07, 6.45) is 3.36.